The predicted molar refractivity (Wildman–Crippen MR) is 65.7 cm³/mol. The number of rotatable bonds is 4. The van der Waals surface area contributed by atoms with Crippen LogP contribution in [-0.2, 0) is 19.5 Å². The summed E-state index contributed by atoms with van der Waals surface area (Å²) in [4.78, 5) is 0. The third kappa shape index (κ3) is 2.17. The van der Waals surface area contributed by atoms with Crippen molar-refractivity contribution in [1.29, 1.82) is 0 Å². The van der Waals surface area contributed by atoms with Gasteiger partial charge in [-0.3, -0.25) is 0 Å². The van der Waals surface area contributed by atoms with Gasteiger partial charge in [0.2, 0.25) is 0 Å². The quantitative estimate of drug-likeness (QED) is 0.841. The van der Waals surface area contributed by atoms with Crippen molar-refractivity contribution in [2.45, 2.75) is 19.5 Å². The molecule has 0 spiro atoms. The number of hydrogen-bond donors (Lipinski definition) is 2. The van der Waals surface area contributed by atoms with Crippen LogP contribution in [0.4, 0.5) is 5.69 Å². The average molecular weight is 229 g/mol. The van der Waals surface area contributed by atoms with Gasteiger partial charge in [0.15, 0.2) is 0 Å². The Morgan fingerprint density at radius 3 is 3.18 bits per heavy atom. The molecule has 1 aromatic heterocycles. The maximum Gasteiger partial charge on any atom is 0.150 e. The molecular weight excluding hydrogens is 214 g/mol. The number of aromatic nitrogens is 1. The molecule has 0 aliphatic carbocycles. The Balaban J connectivity index is 1.64. The molecule has 4 heteroatoms. The third-order valence-electron chi connectivity index (χ3n) is 3.04. The number of anilines is 1. The van der Waals surface area contributed by atoms with Crippen LogP contribution in [0.2, 0.25) is 0 Å². The van der Waals surface area contributed by atoms with Crippen LogP contribution in [0.3, 0.4) is 0 Å². The molecule has 2 aromatic rings. The van der Waals surface area contributed by atoms with E-state index in [0.29, 0.717) is 6.54 Å². The SMILES string of the molecule is c1cc2c(c(CNCc3ccno3)c1)NCC2. The minimum absolute atomic E-state index is 0.712. The molecule has 2 N–H and O–H groups in total. The summed E-state index contributed by atoms with van der Waals surface area (Å²) in [7, 11) is 0. The second kappa shape index (κ2) is 4.59. The van der Waals surface area contributed by atoms with Crippen molar-refractivity contribution in [3.63, 3.8) is 0 Å². The molecular formula is C13H15N3O. The first-order chi connectivity index (χ1) is 8.43. The van der Waals surface area contributed by atoms with Crippen LogP contribution in [0, 0.1) is 0 Å². The molecule has 0 atom stereocenters. The fourth-order valence-corrected chi connectivity index (χ4v) is 2.21. The van der Waals surface area contributed by atoms with E-state index in [-0.39, 0.29) is 0 Å². The molecule has 88 valence electrons. The van der Waals surface area contributed by atoms with Gasteiger partial charge in [0.05, 0.1) is 12.7 Å². The van der Waals surface area contributed by atoms with Crippen LogP contribution in [0.25, 0.3) is 0 Å². The number of nitrogens with one attached hydrogen (secondary N) is 2. The van der Waals surface area contributed by atoms with E-state index in [0.717, 1.165) is 25.3 Å². The zero-order valence-corrected chi connectivity index (χ0v) is 9.57. The molecule has 2 heterocycles. The number of hydrogen-bond acceptors (Lipinski definition) is 4. The molecule has 0 saturated carbocycles. The first-order valence-corrected chi connectivity index (χ1v) is 5.88. The maximum atomic E-state index is 5.04. The van der Waals surface area contributed by atoms with Crippen LogP contribution >= 0.6 is 0 Å². The fraction of sp³-hybridized carbons (Fsp3) is 0.308. The second-order valence-corrected chi connectivity index (χ2v) is 4.21. The summed E-state index contributed by atoms with van der Waals surface area (Å²) in [6.07, 6.45) is 2.80. The van der Waals surface area contributed by atoms with Gasteiger partial charge in [-0.05, 0) is 17.5 Å². The number of fused-ring (bicyclic) bond motifs is 1. The van der Waals surface area contributed by atoms with Crippen molar-refractivity contribution in [2.75, 3.05) is 11.9 Å². The van der Waals surface area contributed by atoms with Crippen molar-refractivity contribution >= 4 is 5.69 Å². The Morgan fingerprint density at radius 2 is 2.29 bits per heavy atom. The van der Waals surface area contributed by atoms with Crippen molar-refractivity contribution in [3.8, 4) is 0 Å². The molecule has 0 saturated heterocycles. The summed E-state index contributed by atoms with van der Waals surface area (Å²) in [5.41, 5.74) is 4.04. The van der Waals surface area contributed by atoms with Crippen molar-refractivity contribution in [3.05, 3.63) is 47.3 Å². The fourth-order valence-electron chi connectivity index (χ4n) is 2.21. The molecule has 0 fully saturated rings. The van der Waals surface area contributed by atoms with E-state index in [4.69, 9.17) is 4.52 Å². The molecule has 0 radical (unpaired) electrons. The number of para-hydroxylation sites is 1. The van der Waals surface area contributed by atoms with Gasteiger partial charge in [-0.1, -0.05) is 23.4 Å². The van der Waals surface area contributed by atoms with Gasteiger partial charge in [0.1, 0.15) is 5.76 Å². The lowest BCUT2D eigenvalue weighted by Gasteiger charge is -2.09. The van der Waals surface area contributed by atoms with Gasteiger partial charge in [0.25, 0.3) is 0 Å². The number of nitrogens with zero attached hydrogens (tertiary/aromatic N) is 1. The van der Waals surface area contributed by atoms with E-state index in [1.165, 1.54) is 16.8 Å². The molecule has 0 unspecified atom stereocenters. The topological polar surface area (TPSA) is 50.1 Å². The molecule has 3 rings (SSSR count). The van der Waals surface area contributed by atoms with Gasteiger partial charge < -0.3 is 15.2 Å². The van der Waals surface area contributed by atoms with E-state index in [1.807, 2.05) is 6.07 Å². The van der Waals surface area contributed by atoms with Gasteiger partial charge in [-0.25, -0.2) is 0 Å². The summed E-state index contributed by atoms with van der Waals surface area (Å²) in [5.74, 6) is 0.866. The van der Waals surface area contributed by atoms with Crippen molar-refractivity contribution in [2.24, 2.45) is 0 Å². The van der Waals surface area contributed by atoms with Crippen LogP contribution in [0.5, 0.6) is 0 Å². The summed E-state index contributed by atoms with van der Waals surface area (Å²) in [5, 5.41) is 10.5. The molecule has 0 amide bonds. The van der Waals surface area contributed by atoms with E-state index >= 15 is 0 Å². The standard InChI is InChI=1S/C13H15N3O/c1-2-10-4-6-15-13(10)11(3-1)8-14-9-12-5-7-16-17-12/h1-3,5,7,14-15H,4,6,8-9H2. The Labute approximate surface area is 100 Å². The lowest BCUT2D eigenvalue weighted by Crippen LogP contribution is -2.13. The minimum Gasteiger partial charge on any atom is -0.384 e. The van der Waals surface area contributed by atoms with Crippen LogP contribution in [-0.4, -0.2) is 11.7 Å². The highest BCUT2D eigenvalue weighted by Gasteiger charge is 2.12. The lowest BCUT2D eigenvalue weighted by molar-refractivity contribution is 0.373. The van der Waals surface area contributed by atoms with Gasteiger partial charge in [-0.2, -0.15) is 0 Å². The van der Waals surface area contributed by atoms with E-state index < -0.39 is 0 Å². The molecule has 4 nitrogen and oxygen atoms in total. The van der Waals surface area contributed by atoms with Crippen LogP contribution in [0.15, 0.2) is 35.0 Å². The highest BCUT2D eigenvalue weighted by molar-refractivity contribution is 5.61. The molecule has 1 aromatic carbocycles. The Hall–Kier alpha value is -1.81. The molecule has 17 heavy (non-hydrogen) atoms. The summed E-state index contributed by atoms with van der Waals surface area (Å²) in [6, 6.07) is 8.35. The smallest absolute Gasteiger partial charge is 0.150 e. The second-order valence-electron chi connectivity index (χ2n) is 4.21. The predicted octanol–water partition coefficient (Wildman–Crippen LogP) is 1.93. The summed E-state index contributed by atoms with van der Waals surface area (Å²) >= 11 is 0. The van der Waals surface area contributed by atoms with Crippen LogP contribution < -0.4 is 10.6 Å². The lowest BCUT2D eigenvalue weighted by atomic mass is 10.1. The van der Waals surface area contributed by atoms with Crippen molar-refractivity contribution in [1.82, 2.24) is 10.5 Å². The van der Waals surface area contributed by atoms with E-state index in [2.05, 4.69) is 34.0 Å². The maximum absolute atomic E-state index is 5.04. The monoisotopic (exact) mass is 229 g/mol. The van der Waals surface area contributed by atoms with E-state index in [1.54, 1.807) is 6.20 Å². The normalized spacial score (nSPS) is 13.4. The van der Waals surface area contributed by atoms with E-state index in [9.17, 15) is 0 Å². The Kier molecular flexibility index (Phi) is 2.80. The van der Waals surface area contributed by atoms with Gasteiger partial charge in [-0.15, -0.1) is 0 Å². The molecule has 1 aliphatic rings. The van der Waals surface area contributed by atoms with Gasteiger partial charge in [0, 0.05) is 24.8 Å². The zero-order chi connectivity index (χ0) is 11.5. The largest absolute Gasteiger partial charge is 0.384 e. The summed E-state index contributed by atoms with van der Waals surface area (Å²) in [6.45, 7) is 2.61. The van der Waals surface area contributed by atoms with Crippen molar-refractivity contribution < 1.29 is 4.52 Å². The Bertz CT molecular complexity index is 493. The first-order valence-electron chi connectivity index (χ1n) is 5.88. The number of benzene rings is 1. The molecule has 1 aliphatic heterocycles. The zero-order valence-electron chi connectivity index (χ0n) is 9.57. The Morgan fingerprint density at radius 1 is 1.29 bits per heavy atom. The van der Waals surface area contributed by atoms with Gasteiger partial charge >= 0.3 is 0 Å². The highest BCUT2D eigenvalue weighted by Crippen LogP contribution is 2.26. The average Bonchev–Trinajstić information content (AvgIpc) is 2.99. The first kappa shape index (κ1) is 10.4. The minimum atomic E-state index is 0.712. The van der Waals surface area contributed by atoms with Crippen LogP contribution in [0.1, 0.15) is 16.9 Å². The third-order valence-corrected chi connectivity index (χ3v) is 3.04. The highest BCUT2D eigenvalue weighted by atomic mass is 16.5. The summed E-state index contributed by atoms with van der Waals surface area (Å²) < 4.78 is 5.04. The molecule has 0 bridgehead atoms.